The van der Waals surface area contributed by atoms with Crippen molar-refractivity contribution in [2.75, 3.05) is 0 Å². The number of carbonyl (C=O) groups is 2. The lowest BCUT2D eigenvalue weighted by atomic mass is 10.0. The van der Waals surface area contributed by atoms with Crippen LogP contribution in [-0.2, 0) is 11.2 Å². The highest BCUT2D eigenvalue weighted by Gasteiger charge is 2.21. The maximum absolute atomic E-state index is 12.5. The zero-order chi connectivity index (χ0) is 19.2. The molecule has 0 saturated heterocycles. The van der Waals surface area contributed by atoms with E-state index >= 15 is 0 Å². The van der Waals surface area contributed by atoms with E-state index in [-0.39, 0.29) is 6.42 Å². The zero-order valence-electron chi connectivity index (χ0n) is 14.4. The van der Waals surface area contributed by atoms with Gasteiger partial charge in [0, 0.05) is 16.5 Å². The van der Waals surface area contributed by atoms with Crippen LogP contribution in [0.25, 0.3) is 11.1 Å². The van der Waals surface area contributed by atoms with E-state index in [1.165, 1.54) is 0 Å². The van der Waals surface area contributed by atoms with E-state index in [2.05, 4.69) is 21.2 Å². The molecule has 2 N–H and O–H groups in total. The van der Waals surface area contributed by atoms with Crippen molar-refractivity contribution < 1.29 is 14.7 Å². The molecule has 1 amide bonds. The van der Waals surface area contributed by atoms with Crippen molar-refractivity contribution in [3.05, 3.63) is 94.5 Å². The third-order valence-corrected chi connectivity index (χ3v) is 4.68. The summed E-state index contributed by atoms with van der Waals surface area (Å²) in [6, 6.07) is 23.3. The topological polar surface area (TPSA) is 66.4 Å². The van der Waals surface area contributed by atoms with Crippen LogP contribution >= 0.6 is 15.9 Å². The minimum atomic E-state index is -1.07. The van der Waals surface area contributed by atoms with Gasteiger partial charge in [-0.3, -0.25) is 4.79 Å². The first-order chi connectivity index (χ1) is 13.0. The summed E-state index contributed by atoms with van der Waals surface area (Å²) >= 11 is 3.37. The van der Waals surface area contributed by atoms with Gasteiger partial charge < -0.3 is 10.4 Å². The van der Waals surface area contributed by atoms with Gasteiger partial charge in [-0.05, 0) is 41.0 Å². The normalized spacial score (nSPS) is 11.6. The fourth-order valence-electron chi connectivity index (χ4n) is 2.79. The SMILES string of the molecule is O=C(N[C@@H](Cc1cccc(Br)c1)C(=O)O)c1ccc(-c2ccccc2)cc1. The highest BCUT2D eigenvalue weighted by molar-refractivity contribution is 9.10. The fourth-order valence-corrected chi connectivity index (χ4v) is 3.23. The van der Waals surface area contributed by atoms with Crippen LogP contribution < -0.4 is 5.32 Å². The summed E-state index contributed by atoms with van der Waals surface area (Å²) in [5.74, 6) is -1.47. The fraction of sp³-hybridized carbons (Fsp3) is 0.0909. The van der Waals surface area contributed by atoms with Gasteiger partial charge in [0.25, 0.3) is 5.91 Å². The van der Waals surface area contributed by atoms with Gasteiger partial charge in [0.05, 0.1) is 0 Å². The maximum Gasteiger partial charge on any atom is 0.326 e. The zero-order valence-corrected chi connectivity index (χ0v) is 16.0. The van der Waals surface area contributed by atoms with Crippen molar-refractivity contribution in [1.82, 2.24) is 5.32 Å². The monoisotopic (exact) mass is 423 g/mol. The van der Waals surface area contributed by atoms with Crippen molar-refractivity contribution in [1.29, 1.82) is 0 Å². The lowest BCUT2D eigenvalue weighted by Gasteiger charge is -2.15. The number of nitrogens with one attached hydrogen (secondary N) is 1. The van der Waals surface area contributed by atoms with Crippen molar-refractivity contribution in [2.45, 2.75) is 12.5 Å². The van der Waals surface area contributed by atoms with Crippen LogP contribution in [0.3, 0.4) is 0 Å². The molecule has 1 atom stereocenters. The first-order valence-electron chi connectivity index (χ1n) is 8.46. The Morgan fingerprint density at radius 1 is 0.889 bits per heavy atom. The quantitative estimate of drug-likeness (QED) is 0.611. The summed E-state index contributed by atoms with van der Waals surface area (Å²) in [7, 11) is 0. The molecule has 136 valence electrons. The van der Waals surface area contributed by atoms with Gasteiger partial charge in [-0.1, -0.05) is 70.5 Å². The molecule has 0 bridgehead atoms. The van der Waals surface area contributed by atoms with Crippen molar-refractivity contribution in [2.24, 2.45) is 0 Å². The molecular formula is C22H18BrNO3. The second-order valence-corrected chi connectivity index (χ2v) is 7.06. The summed E-state index contributed by atoms with van der Waals surface area (Å²) < 4.78 is 0.868. The Balaban J connectivity index is 1.71. The highest BCUT2D eigenvalue weighted by atomic mass is 79.9. The number of carboxylic acids is 1. The van der Waals surface area contributed by atoms with Gasteiger partial charge >= 0.3 is 5.97 Å². The molecular weight excluding hydrogens is 406 g/mol. The van der Waals surface area contributed by atoms with Gasteiger partial charge in [-0.2, -0.15) is 0 Å². The van der Waals surface area contributed by atoms with Crippen LogP contribution in [0.5, 0.6) is 0 Å². The Kier molecular flexibility index (Phi) is 6.04. The van der Waals surface area contributed by atoms with Crippen molar-refractivity contribution >= 4 is 27.8 Å². The van der Waals surface area contributed by atoms with E-state index in [0.717, 1.165) is 21.2 Å². The van der Waals surface area contributed by atoms with Gasteiger partial charge in [0.1, 0.15) is 6.04 Å². The first-order valence-corrected chi connectivity index (χ1v) is 9.26. The Hall–Kier alpha value is -2.92. The number of halogens is 1. The molecule has 0 saturated carbocycles. The molecule has 0 fully saturated rings. The second kappa shape index (κ2) is 8.64. The molecule has 0 unspecified atom stereocenters. The van der Waals surface area contributed by atoms with Gasteiger partial charge in [-0.15, -0.1) is 0 Å². The third-order valence-electron chi connectivity index (χ3n) is 4.19. The predicted molar refractivity (Wildman–Crippen MR) is 109 cm³/mol. The number of aliphatic carboxylic acids is 1. The number of amides is 1. The maximum atomic E-state index is 12.5. The van der Waals surface area contributed by atoms with E-state index in [1.807, 2.05) is 66.7 Å². The molecule has 4 nitrogen and oxygen atoms in total. The summed E-state index contributed by atoms with van der Waals surface area (Å²) in [5, 5.41) is 12.1. The summed E-state index contributed by atoms with van der Waals surface area (Å²) in [5.41, 5.74) is 3.31. The van der Waals surface area contributed by atoms with Crippen LogP contribution in [0.2, 0.25) is 0 Å². The number of carboxylic acid groups (broad SMARTS) is 1. The average Bonchev–Trinajstić information content (AvgIpc) is 2.68. The average molecular weight is 424 g/mol. The Morgan fingerprint density at radius 2 is 1.56 bits per heavy atom. The lowest BCUT2D eigenvalue weighted by molar-refractivity contribution is -0.139. The predicted octanol–water partition coefficient (Wildman–Crippen LogP) is 4.54. The van der Waals surface area contributed by atoms with Crippen LogP contribution in [-0.4, -0.2) is 23.0 Å². The van der Waals surface area contributed by atoms with Gasteiger partial charge in [-0.25, -0.2) is 4.79 Å². The third kappa shape index (κ3) is 5.05. The molecule has 0 aliphatic heterocycles. The molecule has 0 spiro atoms. The Bertz CT molecular complexity index is 939. The molecule has 5 heteroatoms. The standard InChI is InChI=1S/C22H18BrNO3/c23-19-8-4-5-15(13-19)14-20(22(26)27)24-21(25)18-11-9-17(10-12-18)16-6-2-1-3-7-16/h1-13,20H,14H2,(H,24,25)(H,26,27)/t20-/m0/s1. The molecule has 0 heterocycles. The van der Waals surface area contributed by atoms with E-state index in [9.17, 15) is 14.7 Å². The van der Waals surface area contributed by atoms with E-state index in [1.54, 1.807) is 12.1 Å². The van der Waals surface area contributed by atoms with Crippen molar-refractivity contribution in [3.63, 3.8) is 0 Å². The summed E-state index contributed by atoms with van der Waals surface area (Å²) in [6.07, 6.45) is 0.211. The first kappa shape index (κ1) is 18.9. The van der Waals surface area contributed by atoms with Crippen LogP contribution in [0.1, 0.15) is 15.9 Å². The molecule has 3 aromatic carbocycles. The van der Waals surface area contributed by atoms with Crippen LogP contribution in [0.4, 0.5) is 0 Å². The molecule has 3 aromatic rings. The minimum Gasteiger partial charge on any atom is -0.480 e. The number of hydrogen-bond donors (Lipinski definition) is 2. The lowest BCUT2D eigenvalue weighted by Crippen LogP contribution is -2.42. The number of hydrogen-bond acceptors (Lipinski definition) is 2. The summed E-state index contributed by atoms with van der Waals surface area (Å²) in [6.45, 7) is 0. The van der Waals surface area contributed by atoms with Gasteiger partial charge in [0.2, 0.25) is 0 Å². The smallest absolute Gasteiger partial charge is 0.326 e. The van der Waals surface area contributed by atoms with E-state index in [4.69, 9.17) is 0 Å². The molecule has 0 aliphatic rings. The Morgan fingerprint density at radius 3 is 2.19 bits per heavy atom. The number of rotatable bonds is 6. The molecule has 27 heavy (non-hydrogen) atoms. The number of carbonyl (C=O) groups excluding carboxylic acids is 1. The summed E-state index contributed by atoms with van der Waals surface area (Å²) in [4.78, 5) is 24.0. The van der Waals surface area contributed by atoms with Crippen molar-refractivity contribution in [3.8, 4) is 11.1 Å². The minimum absolute atomic E-state index is 0.211. The van der Waals surface area contributed by atoms with Crippen LogP contribution in [0.15, 0.2) is 83.3 Å². The second-order valence-electron chi connectivity index (χ2n) is 6.14. The van der Waals surface area contributed by atoms with Gasteiger partial charge in [0.15, 0.2) is 0 Å². The highest BCUT2D eigenvalue weighted by Crippen LogP contribution is 2.19. The van der Waals surface area contributed by atoms with E-state index < -0.39 is 17.9 Å². The molecule has 0 aromatic heterocycles. The number of benzene rings is 3. The van der Waals surface area contributed by atoms with E-state index in [0.29, 0.717) is 5.56 Å². The Labute approximate surface area is 166 Å². The molecule has 0 radical (unpaired) electrons. The molecule has 0 aliphatic carbocycles. The van der Waals surface area contributed by atoms with Crippen LogP contribution in [0, 0.1) is 0 Å². The largest absolute Gasteiger partial charge is 0.480 e. The molecule has 3 rings (SSSR count).